The molecule has 0 aliphatic rings. The maximum atomic E-state index is 12.9. The minimum Gasteiger partial charge on any atom is -0.390 e. The number of hydrogen-bond acceptors (Lipinski definition) is 4. The first-order valence-corrected chi connectivity index (χ1v) is 13.3. The van der Waals surface area contributed by atoms with Crippen molar-refractivity contribution in [3.8, 4) is 0 Å². The lowest BCUT2D eigenvalue weighted by Gasteiger charge is -2.15. The van der Waals surface area contributed by atoms with E-state index < -0.39 is 0 Å². The van der Waals surface area contributed by atoms with Crippen molar-refractivity contribution in [2.45, 2.75) is 66.2 Å². The van der Waals surface area contributed by atoms with Crippen LogP contribution in [-0.2, 0) is 17.9 Å². The summed E-state index contributed by atoms with van der Waals surface area (Å²) in [6.45, 7) is 13.3. The number of fused-ring (bicyclic) bond motifs is 1. The second-order valence-electron chi connectivity index (χ2n) is 11.0. The molecule has 206 valence electrons. The van der Waals surface area contributed by atoms with Crippen LogP contribution in [0.4, 0.5) is 4.39 Å². The molecule has 39 heavy (non-hydrogen) atoms. The van der Waals surface area contributed by atoms with Crippen LogP contribution in [0.15, 0.2) is 71.9 Å². The molecule has 0 aliphatic heterocycles. The molecule has 1 aromatic heterocycles. The van der Waals surface area contributed by atoms with Crippen LogP contribution < -0.4 is 5.32 Å². The molecule has 4 aromatic rings. The summed E-state index contributed by atoms with van der Waals surface area (Å²) >= 11 is 0. The molecule has 0 spiro atoms. The molecule has 0 radical (unpaired) electrons. The van der Waals surface area contributed by atoms with Crippen LogP contribution in [-0.4, -0.2) is 29.7 Å². The van der Waals surface area contributed by atoms with Crippen molar-refractivity contribution in [1.82, 2.24) is 9.88 Å². The molecule has 0 saturated heterocycles. The Hall–Kier alpha value is -3.77. The van der Waals surface area contributed by atoms with Gasteiger partial charge < -0.3 is 14.7 Å². The van der Waals surface area contributed by atoms with Gasteiger partial charge in [0.1, 0.15) is 11.4 Å². The van der Waals surface area contributed by atoms with Crippen LogP contribution in [0.3, 0.4) is 0 Å². The highest BCUT2D eigenvalue weighted by atomic mass is 19.1. The zero-order valence-corrected chi connectivity index (χ0v) is 24.1. The molecule has 0 saturated carbocycles. The Balaban J connectivity index is 0.000000320. The highest BCUT2D eigenvalue weighted by molar-refractivity contribution is 6.01. The summed E-state index contributed by atoms with van der Waals surface area (Å²) < 4.78 is 15.1. The maximum Gasteiger partial charge on any atom is 0.152 e. The molecular weight excluding hydrogens is 489 g/mol. The van der Waals surface area contributed by atoms with Gasteiger partial charge in [0.2, 0.25) is 0 Å². The predicted octanol–water partition coefficient (Wildman–Crippen LogP) is 7.63. The maximum absolute atomic E-state index is 12.9. The van der Waals surface area contributed by atoms with E-state index in [1.807, 2.05) is 64.2 Å². The van der Waals surface area contributed by atoms with Gasteiger partial charge in [0.25, 0.3) is 0 Å². The van der Waals surface area contributed by atoms with E-state index in [2.05, 4.69) is 47.1 Å². The lowest BCUT2D eigenvalue weighted by Crippen LogP contribution is -2.15. The van der Waals surface area contributed by atoms with Crippen LogP contribution >= 0.6 is 0 Å². The lowest BCUT2D eigenvalue weighted by atomic mass is 10.0. The smallest absolute Gasteiger partial charge is 0.152 e. The quantitative estimate of drug-likeness (QED) is 0.145. The number of oxime groups is 1. The minimum absolute atomic E-state index is 0.127. The fourth-order valence-electron chi connectivity index (χ4n) is 4.37. The first kappa shape index (κ1) is 29.8. The van der Waals surface area contributed by atoms with Crippen molar-refractivity contribution in [3.05, 3.63) is 106 Å². The van der Waals surface area contributed by atoms with Gasteiger partial charge in [0.05, 0.1) is 6.21 Å². The Labute approximate surface area is 231 Å². The van der Waals surface area contributed by atoms with E-state index in [-0.39, 0.29) is 17.3 Å². The summed E-state index contributed by atoms with van der Waals surface area (Å²) in [7, 11) is 1.85. The molecule has 0 atom stereocenters. The number of hydrogen-bond donors (Lipinski definition) is 1. The fraction of sp³-hybridized carbons (Fsp3) is 0.333. The van der Waals surface area contributed by atoms with E-state index in [1.165, 1.54) is 5.56 Å². The average Bonchev–Trinajstić information content (AvgIpc) is 3.19. The van der Waals surface area contributed by atoms with Crippen molar-refractivity contribution in [1.29, 1.82) is 0 Å². The zero-order valence-electron chi connectivity index (χ0n) is 24.1. The fourth-order valence-corrected chi connectivity index (χ4v) is 4.37. The predicted molar refractivity (Wildman–Crippen MR) is 159 cm³/mol. The van der Waals surface area contributed by atoms with Crippen molar-refractivity contribution in [2.24, 2.45) is 5.16 Å². The van der Waals surface area contributed by atoms with Gasteiger partial charge in [-0.25, -0.2) is 4.39 Å². The molecule has 5 nitrogen and oxygen atoms in total. The van der Waals surface area contributed by atoms with E-state index in [0.29, 0.717) is 5.56 Å². The van der Waals surface area contributed by atoms with Gasteiger partial charge in [-0.1, -0.05) is 73.6 Å². The normalized spacial score (nSPS) is 11.6. The monoisotopic (exact) mass is 529 g/mol. The SMILES string of the molecule is CC(C)c1c(C=O)c2ccc(/C=N/OC(C)(C)C)cc2n1Cc1ccccc1.CNCc1ccc(C)c(F)c1. The summed E-state index contributed by atoms with van der Waals surface area (Å²) in [4.78, 5) is 17.4. The molecule has 1 N–H and O–H groups in total. The Bertz CT molecular complexity index is 1420. The topological polar surface area (TPSA) is 55.6 Å². The number of benzene rings is 3. The summed E-state index contributed by atoms with van der Waals surface area (Å²) in [5, 5.41) is 8.05. The second-order valence-corrected chi connectivity index (χ2v) is 11.0. The Morgan fingerprint density at radius 1 is 1.03 bits per heavy atom. The van der Waals surface area contributed by atoms with Gasteiger partial charge in [-0.2, -0.15) is 0 Å². The van der Waals surface area contributed by atoms with Gasteiger partial charge in [-0.05, 0) is 75.0 Å². The summed E-state index contributed by atoms with van der Waals surface area (Å²) in [5.41, 5.74) is 6.37. The summed E-state index contributed by atoms with van der Waals surface area (Å²) in [6, 6.07) is 21.7. The van der Waals surface area contributed by atoms with Gasteiger partial charge in [0.15, 0.2) is 6.29 Å². The van der Waals surface area contributed by atoms with Crippen molar-refractivity contribution < 1.29 is 14.0 Å². The Morgan fingerprint density at radius 3 is 2.33 bits per heavy atom. The zero-order chi connectivity index (χ0) is 28.6. The van der Waals surface area contributed by atoms with Crippen LogP contribution in [0, 0.1) is 12.7 Å². The Morgan fingerprint density at radius 2 is 1.74 bits per heavy atom. The molecular formula is C33H40FN3O2. The van der Waals surface area contributed by atoms with Crippen LogP contribution in [0.2, 0.25) is 0 Å². The lowest BCUT2D eigenvalue weighted by molar-refractivity contribution is 0.00199. The highest BCUT2D eigenvalue weighted by Crippen LogP contribution is 2.31. The van der Waals surface area contributed by atoms with Gasteiger partial charge in [-0.15, -0.1) is 0 Å². The van der Waals surface area contributed by atoms with Gasteiger partial charge in [0, 0.05) is 35.2 Å². The van der Waals surface area contributed by atoms with E-state index in [4.69, 9.17) is 4.84 Å². The number of carbonyl (C=O) groups is 1. The van der Waals surface area contributed by atoms with Gasteiger partial charge >= 0.3 is 0 Å². The minimum atomic E-state index is -0.330. The van der Waals surface area contributed by atoms with Crippen LogP contribution in [0.5, 0.6) is 0 Å². The molecule has 0 amide bonds. The van der Waals surface area contributed by atoms with Crippen molar-refractivity contribution in [2.75, 3.05) is 7.05 Å². The third-order valence-corrected chi connectivity index (χ3v) is 6.16. The second kappa shape index (κ2) is 13.3. The van der Waals surface area contributed by atoms with Crippen molar-refractivity contribution >= 4 is 23.4 Å². The summed E-state index contributed by atoms with van der Waals surface area (Å²) in [6.07, 6.45) is 2.70. The largest absolute Gasteiger partial charge is 0.390 e. The van der Waals surface area contributed by atoms with Crippen LogP contribution in [0.25, 0.3) is 10.9 Å². The molecule has 0 fully saturated rings. The average molecular weight is 530 g/mol. The number of nitrogens with one attached hydrogen (secondary N) is 1. The molecule has 4 rings (SSSR count). The molecule has 6 heteroatoms. The number of aromatic nitrogens is 1. The number of halogens is 1. The number of carbonyl (C=O) groups excluding carboxylic acids is 1. The van der Waals surface area contributed by atoms with Crippen LogP contribution in [0.1, 0.15) is 78.8 Å². The first-order valence-electron chi connectivity index (χ1n) is 13.3. The third-order valence-electron chi connectivity index (χ3n) is 6.16. The van der Waals surface area contributed by atoms with E-state index in [1.54, 1.807) is 25.3 Å². The molecule has 0 unspecified atom stereocenters. The molecule has 1 heterocycles. The number of aldehydes is 1. The molecule has 3 aromatic carbocycles. The van der Waals surface area contributed by atoms with E-state index in [0.717, 1.165) is 52.7 Å². The number of aryl methyl sites for hydroxylation is 1. The molecule has 0 bridgehead atoms. The number of nitrogens with zero attached hydrogens (tertiary/aromatic N) is 2. The standard InChI is InChI=1S/C24H28N2O2.C9H12FN/c1-17(2)23-21(16-27)20-12-11-19(14-25-28-24(3,4)5)13-22(20)26(23)15-18-9-7-6-8-10-18;1-7-3-4-8(6-11-2)5-9(7)10/h6-14,16-17H,15H2,1-5H3;3-5,11H,6H2,1-2H3/b25-14+;. The Kier molecular flexibility index (Phi) is 10.2. The van der Waals surface area contributed by atoms with E-state index >= 15 is 0 Å². The summed E-state index contributed by atoms with van der Waals surface area (Å²) in [5.74, 6) is 0.107. The van der Waals surface area contributed by atoms with E-state index in [9.17, 15) is 9.18 Å². The highest BCUT2D eigenvalue weighted by Gasteiger charge is 2.19. The number of rotatable bonds is 8. The van der Waals surface area contributed by atoms with Gasteiger partial charge in [-0.3, -0.25) is 4.79 Å². The third kappa shape index (κ3) is 8.11. The van der Waals surface area contributed by atoms with Crippen molar-refractivity contribution in [3.63, 3.8) is 0 Å². The molecule has 0 aliphatic carbocycles. The first-order chi connectivity index (χ1) is 18.5.